The zero-order chi connectivity index (χ0) is 11.4. The van der Waals surface area contributed by atoms with Crippen molar-refractivity contribution >= 4 is 34.1 Å². The molecule has 0 aliphatic carbocycles. The second-order valence-corrected chi connectivity index (χ2v) is 4.02. The van der Waals surface area contributed by atoms with E-state index in [9.17, 15) is 4.79 Å². The first kappa shape index (κ1) is 12.0. The minimum absolute atomic E-state index is 0.0935. The molecule has 0 amide bonds. The van der Waals surface area contributed by atoms with Crippen molar-refractivity contribution in [3.8, 4) is 5.75 Å². The van der Waals surface area contributed by atoms with Crippen molar-refractivity contribution in [3.05, 3.63) is 33.9 Å². The zero-order valence-electron chi connectivity index (χ0n) is 8.29. The molecule has 80 valence electrons. The van der Waals surface area contributed by atoms with E-state index < -0.39 is 5.97 Å². The van der Waals surface area contributed by atoms with Gasteiger partial charge in [-0.15, -0.1) is 0 Å². The summed E-state index contributed by atoms with van der Waals surface area (Å²) in [4.78, 5) is 10.7. The Balaban J connectivity index is 3.01. The summed E-state index contributed by atoms with van der Waals surface area (Å²) in [5, 5.41) is 8.77. The summed E-state index contributed by atoms with van der Waals surface area (Å²) in [6.45, 7) is 5.99. The highest BCUT2D eigenvalue weighted by Gasteiger charge is 2.09. The molecular weight excluding hydrogens is 307 g/mol. The molecule has 0 spiro atoms. The lowest BCUT2D eigenvalue weighted by atomic mass is 10.1. The Morgan fingerprint density at radius 3 is 2.73 bits per heavy atom. The van der Waals surface area contributed by atoms with E-state index in [2.05, 4.69) is 29.2 Å². The number of carbonyl (C=O) groups is 1. The zero-order valence-corrected chi connectivity index (χ0v) is 10.4. The molecule has 1 rings (SSSR count). The Morgan fingerprint density at radius 1 is 1.60 bits per heavy atom. The first-order valence-corrected chi connectivity index (χ1v) is 5.49. The van der Waals surface area contributed by atoms with E-state index in [0.717, 1.165) is 9.32 Å². The van der Waals surface area contributed by atoms with Gasteiger partial charge in [-0.25, -0.2) is 4.79 Å². The van der Waals surface area contributed by atoms with Crippen LogP contribution >= 0.6 is 22.6 Å². The highest BCUT2D eigenvalue weighted by Crippen LogP contribution is 2.25. The van der Waals surface area contributed by atoms with Crippen molar-refractivity contribution in [2.24, 2.45) is 0 Å². The topological polar surface area (TPSA) is 46.5 Å². The summed E-state index contributed by atoms with van der Waals surface area (Å²) in [5.74, 6) is -0.241. The van der Waals surface area contributed by atoms with Crippen LogP contribution in [0.5, 0.6) is 5.75 Å². The van der Waals surface area contributed by atoms with Crippen LogP contribution in [0.1, 0.15) is 12.5 Å². The molecule has 0 aliphatic heterocycles. The van der Waals surface area contributed by atoms with E-state index in [1.54, 1.807) is 18.2 Å². The van der Waals surface area contributed by atoms with Gasteiger partial charge in [0.05, 0.1) is 15.8 Å². The van der Waals surface area contributed by atoms with Gasteiger partial charge in [0.2, 0.25) is 0 Å². The number of aliphatic carboxylic acids is 1. The summed E-state index contributed by atoms with van der Waals surface area (Å²) in [7, 11) is 0. The summed E-state index contributed by atoms with van der Waals surface area (Å²) in [6, 6.07) is 5.21. The predicted octanol–water partition coefficient (Wildman–Crippen LogP) is 2.79. The number of hydrogen-bond acceptors (Lipinski definition) is 2. The van der Waals surface area contributed by atoms with Gasteiger partial charge in [-0.05, 0) is 47.2 Å². The van der Waals surface area contributed by atoms with Crippen LogP contribution in [0.15, 0.2) is 24.8 Å². The molecule has 0 heterocycles. The quantitative estimate of drug-likeness (QED) is 0.686. The lowest BCUT2D eigenvalue weighted by Crippen LogP contribution is -1.99. The molecule has 0 aliphatic rings. The fraction of sp³-hybridized carbons (Fsp3) is 0.182. The molecule has 1 aromatic rings. The van der Waals surface area contributed by atoms with Crippen molar-refractivity contribution in [2.45, 2.75) is 6.92 Å². The molecule has 0 fully saturated rings. The van der Waals surface area contributed by atoms with E-state index in [-0.39, 0.29) is 5.57 Å². The van der Waals surface area contributed by atoms with Crippen molar-refractivity contribution in [1.29, 1.82) is 0 Å². The number of carboxylic acid groups (broad SMARTS) is 1. The van der Waals surface area contributed by atoms with E-state index in [4.69, 9.17) is 9.84 Å². The van der Waals surface area contributed by atoms with E-state index in [1.807, 2.05) is 6.92 Å². The lowest BCUT2D eigenvalue weighted by molar-refractivity contribution is -0.130. The predicted molar refractivity (Wildman–Crippen MR) is 67.0 cm³/mol. The molecule has 15 heavy (non-hydrogen) atoms. The average molecular weight is 318 g/mol. The van der Waals surface area contributed by atoms with Crippen molar-refractivity contribution < 1.29 is 14.6 Å². The standard InChI is InChI=1S/C11H11IO3/c1-3-15-10-5-4-8(6-9(10)12)7(2)11(13)14/h4-6H,2-3H2,1H3,(H,13,14). The molecule has 0 unspecified atom stereocenters. The number of rotatable bonds is 4. The fourth-order valence-corrected chi connectivity index (χ4v) is 1.76. The molecular formula is C11H11IO3. The summed E-state index contributed by atoms with van der Waals surface area (Å²) in [6.07, 6.45) is 0. The second kappa shape index (κ2) is 5.16. The van der Waals surface area contributed by atoms with Crippen LogP contribution in [0, 0.1) is 3.57 Å². The maximum atomic E-state index is 10.7. The molecule has 0 saturated carbocycles. The van der Waals surface area contributed by atoms with Crippen LogP contribution in [0.2, 0.25) is 0 Å². The monoisotopic (exact) mass is 318 g/mol. The highest BCUT2D eigenvalue weighted by molar-refractivity contribution is 14.1. The van der Waals surface area contributed by atoms with Crippen LogP contribution in [0.25, 0.3) is 5.57 Å². The normalized spacial score (nSPS) is 9.73. The average Bonchev–Trinajstić information content (AvgIpc) is 2.20. The van der Waals surface area contributed by atoms with Crippen LogP contribution in [-0.4, -0.2) is 17.7 Å². The lowest BCUT2D eigenvalue weighted by Gasteiger charge is -2.07. The van der Waals surface area contributed by atoms with Gasteiger partial charge in [0, 0.05) is 0 Å². The van der Waals surface area contributed by atoms with Gasteiger partial charge in [0.15, 0.2) is 0 Å². The molecule has 0 saturated heterocycles. The molecule has 3 nitrogen and oxygen atoms in total. The Kier molecular flexibility index (Phi) is 4.14. The van der Waals surface area contributed by atoms with E-state index in [0.29, 0.717) is 12.2 Å². The van der Waals surface area contributed by atoms with Crippen LogP contribution in [-0.2, 0) is 4.79 Å². The molecule has 0 radical (unpaired) electrons. The fourth-order valence-electron chi connectivity index (χ4n) is 1.08. The number of halogens is 1. The largest absolute Gasteiger partial charge is 0.493 e. The van der Waals surface area contributed by atoms with E-state index in [1.165, 1.54) is 0 Å². The van der Waals surface area contributed by atoms with Gasteiger partial charge in [0.1, 0.15) is 5.75 Å². The summed E-state index contributed by atoms with van der Waals surface area (Å²) < 4.78 is 6.23. The number of hydrogen-bond donors (Lipinski definition) is 1. The van der Waals surface area contributed by atoms with Gasteiger partial charge in [-0.1, -0.05) is 12.6 Å². The van der Waals surface area contributed by atoms with Gasteiger partial charge in [0.25, 0.3) is 0 Å². The van der Waals surface area contributed by atoms with E-state index >= 15 is 0 Å². The minimum atomic E-state index is -1.00. The third-order valence-electron chi connectivity index (χ3n) is 1.84. The maximum Gasteiger partial charge on any atom is 0.335 e. The van der Waals surface area contributed by atoms with Crippen LogP contribution in [0.4, 0.5) is 0 Å². The minimum Gasteiger partial charge on any atom is -0.493 e. The third kappa shape index (κ3) is 2.95. The Bertz CT molecular complexity index is 399. The van der Waals surface area contributed by atoms with Gasteiger partial charge in [-0.2, -0.15) is 0 Å². The SMILES string of the molecule is C=C(C(=O)O)c1ccc(OCC)c(I)c1. The Labute approximate surface area is 102 Å². The van der Waals surface area contributed by atoms with Crippen molar-refractivity contribution in [2.75, 3.05) is 6.61 Å². The summed E-state index contributed by atoms with van der Waals surface area (Å²) >= 11 is 2.11. The first-order valence-electron chi connectivity index (χ1n) is 4.41. The van der Waals surface area contributed by atoms with Crippen molar-refractivity contribution in [3.63, 3.8) is 0 Å². The molecule has 1 aromatic carbocycles. The smallest absolute Gasteiger partial charge is 0.335 e. The molecule has 4 heteroatoms. The molecule has 0 bridgehead atoms. The second-order valence-electron chi connectivity index (χ2n) is 2.86. The number of benzene rings is 1. The van der Waals surface area contributed by atoms with Crippen LogP contribution in [0.3, 0.4) is 0 Å². The molecule has 0 aromatic heterocycles. The van der Waals surface area contributed by atoms with Crippen molar-refractivity contribution in [1.82, 2.24) is 0 Å². The number of carboxylic acids is 1. The summed E-state index contributed by atoms with van der Waals surface area (Å²) in [5.41, 5.74) is 0.700. The Hall–Kier alpha value is -1.04. The maximum absolute atomic E-state index is 10.7. The number of ether oxygens (including phenoxy) is 1. The first-order chi connectivity index (χ1) is 7.06. The Morgan fingerprint density at radius 2 is 2.27 bits per heavy atom. The van der Waals surface area contributed by atoms with Gasteiger partial charge >= 0.3 is 5.97 Å². The van der Waals surface area contributed by atoms with Gasteiger partial charge < -0.3 is 9.84 Å². The molecule has 1 N–H and O–H groups in total. The van der Waals surface area contributed by atoms with Gasteiger partial charge in [-0.3, -0.25) is 0 Å². The van der Waals surface area contributed by atoms with Crippen LogP contribution < -0.4 is 4.74 Å². The third-order valence-corrected chi connectivity index (χ3v) is 2.68. The molecule has 0 atom stereocenters. The highest BCUT2D eigenvalue weighted by atomic mass is 127.